The van der Waals surface area contributed by atoms with Gasteiger partial charge in [0.1, 0.15) is 23.8 Å². The molecule has 0 radical (unpaired) electrons. The van der Waals surface area contributed by atoms with Crippen LogP contribution in [0.15, 0.2) is 156 Å². The standard InChI is InChI=1S/C61H63F3N4O3S2Si3/c1-58(2,3)74(7,8)69-36-34-68(35-37-70-75(9,10)59(4,5)6)46-29-26-43(27-30-46)28-31-47-38-53-56(72-47)57-54(76(53,49-22-16-12-17-23-49)50-24-18-13-19-25-50)39-48(73-57)32-33-52-51(42-67)55(44(40-65)41-66)71-60(52,61(62,63)64)45-20-14-11-15-21-45/h11-33,38-39H,34-37H2,1-10H3/b31-28+,33-32+. The topological polar surface area (TPSA) is 102 Å². The van der Waals surface area contributed by atoms with Gasteiger partial charge in [-0.15, -0.1) is 22.7 Å². The third kappa shape index (κ3) is 10.4. The van der Waals surface area contributed by atoms with Gasteiger partial charge in [0.25, 0.3) is 5.60 Å². The SMILES string of the molecule is CC(C)(C)[Si](C)(C)OCCN(CCO[Si](C)(C)C(C)(C)C)c1ccc(/C=C/c2cc3c(s2)-c2sc(/C=C/C4=C(C#N)C(=C(C#N)C#N)OC4(c4ccccc4)C(F)(F)F)cc2[Si]3(c2ccccc2)c2ccccc2)cc1. The molecule has 1 unspecified atom stereocenters. The Morgan fingerprint density at radius 2 is 1.09 bits per heavy atom. The lowest BCUT2D eigenvalue weighted by molar-refractivity contribution is -0.249. The Hall–Kier alpha value is -6.33. The summed E-state index contributed by atoms with van der Waals surface area (Å²) >= 11 is 3.18. The van der Waals surface area contributed by atoms with E-state index in [1.807, 2.05) is 18.2 Å². The molecule has 2 aromatic heterocycles. The maximum Gasteiger partial charge on any atom is 0.437 e. The highest BCUT2D eigenvalue weighted by molar-refractivity contribution is 7.34. The molecule has 390 valence electrons. The molecular formula is C61H63F3N4O3S2Si3. The van der Waals surface area contributed by atoms with Crippen molar-refractivity contribution in [2.24, 2.45) is 0 Å². The van der Waals surface area contributed by atoms with E-state index in [1.165, 1.54) is 57.2 Å². The quantitative estimate of drug-likeness (QED) is 0.0701. The first-order valence-electron chi connectivity index (χ1n) is 25.3. The molecule has 7 nitrogen and oxygen atoms in total. The van der Waals surface area contributed by atoms with Gasteiger partial charge >= 0.3 is 6.18 Å². The summed E-state index contributed by atoms with van der Waals surface area (Å²) < 4.78 is 66.2. The largest absolute Gasteiger partial charge is 0.465 e. The van der Waals surface area contributed by atoms with E-state index >= 15 is 13.2 Å². The molecule has 4 heterocycles. The number of thiophene rings is 2. The van der Waals surface area contributed by atoms with Crippen molar-refractivity contribution >= 4 is 92.0 Å². The number of rotatable bonds is 16. The van der Waals surface area contributed by atoms with Gasteiger partial charge in [0.15, 0.2) is 36.0 Å². The lowest BCUT2D eigenvalue weighted by Crippen LogP contribution is -2.72. The van der Waals surface area contributed by atoms with Crippen LogP contribution in [0.3, 0.4) is 0 Å². The average molecular weight is 1110 g/mol. The number of nitriles is 3. The van der Waals surface area contributed by atoms with Crippen LogP contribution in [0.25, 0.3) is 28.0 Å². The van der Waals surface area contributed by atoms with Gasteiger partial charge < -0.3 is 18.5 Å². The fourth-order valence-electron chi connectivity index (χ4n) is 9.39. The molecule has 15 heteroatoms. The Bertz CT molecular complexity index is 3260. The van der Waals surface area contributed by atoms with Gasteiger partial charge in [-0.2, -0.15) is 29.0 Å². The fraction of sp³-hybridized carbons (Fsp3) is 0.295. The Kier molecular flexibility index (Phi) is 15.9. The molecule has 1 atom stereocenters. The zero-order valence-electron chi connectivity index (χ0n) is 44.7. The Balaban J connectivity index is 1.18. The van der Waals surface area contributed by atoms with Gasteiger partial charge in [-0.25, -0.2) is 0 Å². The minimum atomic E-state index is -5.11. The predicted molar refractivity (Wildman–Crippen MR) is 314 cm³/mol. The smallest absolute Gasteiger partial charge is 0.437 e. The second-order valence-corrected chi connectivity index (χ2v) is 37.7. The number of ether oxygens (including phenoxy) is 1. The molecule has 0 amide bonds. The summed E-state index contributed by atoms with van der Waals surface area (Å²) in [6, 6.07) is 46.1. The van der Waals surface area contributed by atoms with Crippen LogP contribution in [0.2, 0.25) is 36.3 Å². The first-order valence-corrected chi connectivity index (χ1v) is 34.8. The normalized spacial score (nSPS) is 16.6. The zero-order chi connectivity index (χ0) is 54.9. The van der Waals surface area contributed by atoms with Crippen molar-refractivity contribution in [2.45, 2.75) is 89.6 Å². The molecule has 0 spiro atoms. The van der Waals surface area contributed by atoms with Crippen LogP contribution in [0.1, 0.15) is 62.4 Å². The van der Waals surface area contributed by atoms with Crippen LogP contribution >= 0.6 is 22.7 Å². The molecule has 76 heavy (non-hydrogen) atoms. The second-order valence-electron chi connectivity index (χ2n) is 22.2. The van der Waals surface area contributed by atoms with Crippen LogP contribution in [0, 0.1) is 34.0 Å². The number of allylic oxidation sites excluding steroid dienone is 2. The van der Waals surface area contributed by atoms with E-state index in [2.05, 4.69) is 170 Å². The summed E-state index contributed by atoms with van der Waals surface area (Å²) in [7, 11) is -6.92. The van der Waals surface area contributed by atoms with E-state index in [1.54, 1.807) is 35.6 Å². The van der Waals surface area contributed by atoms with Crippen molar-refractivity contribution in [3.05, 3.63) is 177 Å². The molecule has 2 aliphatic rings. The van der Waals surface area contributed by atoms with Gasteiger partial charge in [0, 0.05) is 49.4 Å². The third-order valence-corrected chi connectivity index (χ3v) is 32.2. The number of hydrogen-bond donors (Lipinski definition) is 0. The van der Waals surface area contributed by atoms with Crippen molar-refractivity contribution in [3.8, 4) is 28.0 Å². The zero-order valence-corrected chi connectivity index (χ0v) is 49.4. The van der Waals surface area contributed by atoms with Crippen molar-refractivity contribution in [1.82, 2.24) is 0 Å². The first-order chi connectivity index (χ1) is 35.9. The van der Waals surface area contributed by atoms with Crippen molar-refractivity contribution < 1.29 is 26.8 Å². The molecule has 8 rings (SSSR count). The van der Waals surface area contributed by atoms with E-state index in [0.717, 1.165) is 44.2 Å². The van der Waals surface area contributed by atoms with Crippen LogP contribution < -0.4 is 25.6 Å². The summed E-state index contributed by atoms with van der Waals surface area (Å²) in [6.07, 6.45) is 2.07. The van der Waals surface area contributed by atoms with E-state index in [-0.39, 0.29) is 15.6 Å². The summed E-state index contributed by atoms with van der Waals surface area (Å²) in [5, 5.41) is 35.0. The fourth-order valence-corrected chi connectivity index (χ4v) is 20.1. The summed E-state index contributed by atoms with van der Waals surface area (Å²) in [5.41, 5.74) is -3.06. The first kappa shape index (κ1) is 55.9. The van der Waals surface area contributed by atoms with Crippen molar-refractivity contribution in [2.75, 3.05) is 31.2 Å². The highest BCUT2D eigenvalue weighted by Gasteiger charge is 2.65. The lowest BCUT2D eigenvalue weighted by Gasteiger charge is -2.38. The van der Waals surface area contributed by atoms with Crippen molar-refractivity contribution in [3.63, 3.8) is 0 Å². The number of benzene rings is 4. The molecule has 0 saturated heterocycles. The highest BCUT2D eigenvalue weighted by atomic mass is 32.1. The number of nitrogens with zero attached hydrogens (tertiary/aromatic N) is 4. The summed E-state index contributed by atoms with van der Waals surface area (Å²) in [5.74, 6) is -0.700. The van der Waals surface area contributed by atoms with Gasteiger partial charge in [-0.05, 0) is 99.0 Å². The van der Waals surface area contributed by atoms with Crippen molar-refractivity contribution in [1.29, 1.82) is 15.8 Å². The van der Waals surface area contributed by atoms with Crippen LogP contribution in [-0.2, 0) is 19.2 Å². The second kappa shape index (κ2) is 21.6. The molecular weight excluding hydrogens is 1040 g/mol. The monoisotopic (exact) mass is 1100 g/mol. The molecule has 0 aliphatic carbocycles. The minimum Gasteiger partial charge on any atom is -0.465 e. The van der Waals surface area contributed by atoms with Crippen LogP contribution in [-0.4, -0.2) is 57.2 Å². The predicted octanol–water partition coefficient (Wildman–Crippen LogP) is 13.8. The van der Waals surface area contributed by atoms with E-state index < -0.39 is 59.0 Å². The Labute approximate surface area is 457 Å². The van der Waals surface area contributed by atoms with Crippen LogP contribution in [0.5, 0.6) is 0 Å². The van der Waals surface area contributed by atoms with Crippen LogP contribution in [0.4, 0.5) is 18.9 Å². The van der Waals surface area contributed by atoms with Gasteiger partial charge in [-0.3, -0.25) is 0 Å². The lowest BCUT2D eigenvalue weighted by atomic mass is 9.84. The third-order valence-electron chi connectivity index (χ3n) is 15.6. The maximum atomic E-state index is 15.7. The maximum absolute atomic E-state index is 15.7. The van der Waals surface area contributed by atoms with E-state index in [4.69, 9.17) is 13.6 Å². The Morgan fingerprint density at radius 1 is 0.645 bits per heavy atom. The number of halogens is 3. The van der Waals surface area contributed by atoms with E-state index in [0.29, 0.717) is 18.1 Å². The average Bonchev–Trinajstić information content (AvgIpc) is 4.27. The number of alkyl halides is 3. The molecule has 0 bridgehead atoms. The van der Waals surface area contributed by atoms with Gasteiger partial charge in [-0.1, -0.05) is 157 Å². The number of fused-ring (bicyclic) bond motifs is 3. The van der Waals surface area contributed by atoms with Gasteiger partial charge in [0.2, 0.25) is 0 Å². The molecule has 0 N–H and O–H groups in total. The Morgan fingerprint density at radius 3 is 1.51 bits per heavy atom. The number of hydrogen-bond acceptors (Lipinski definition) is 9. The molecule has 0 fully saturated rings. The summed E-state index contributed by atoms with van der Waals surface area (Å²) in [4.78, 5) is 6.26. The molecule has 6 aromatic rings. The molecule has 4 aromatic carbocycles. The van der Waals surface area contributed by atoms with Gasteiger partial charge in [0.05, 0.1) is 13.2 Å². The summed E-state index contributed by atoms with van der Waals surface area (Å²) in [6.45, 7) is 25.5. The minimum absolute atomic E-state index is 0.112. The highest BCUT2D eigenvalue weighted by Crippen LogP contribution is 2.56. The number of anilines is 1. The van der Waals surface area contributed by atoms with E-state index in [9.17, 15) is 15.8 Å². The molecule has 2 aliphatic heterocycles. The molecule has 0 saturated carbocycles.